The Morgan fingerprint density at radius 2 is 2.04 bits per heavy atom. The van der Waals surface area contributed by atoms with Crippen molar-refractivity contribution in [3.63, 3.8) is 0 Å². The number of amidine groups is 1. The van der Waals surface area contributed by atoms with Gasteiger partial charge in [-0.3, -0.25) is 4.79 Å². The van der Waals surface area contributed by atoms with Gasteiger partial charge in [-0.25, -0.2) is 10.4 Å². The zero-order valence-electron chi connectivity index (χ0n) is 13.7. The molecule has 0 aliphatic heterocycles. The number of hydrogen-bond acceptors (Lipinski definition) is 6. The second-order valence-electron chi connectivity index (χ2n) is 4.38. The van der Waals surface area contributed by atoms with Crippen molar-refractivity contribution in [3.8, 4) is 5.75 Å². The smallest absolute Gasteiger partial charge is 0.257 e. The van der Waals surface area contributed by atoms with Crippen molar-refractivity contribution < 1.29 is 19.2 Å². The van der Waals surface area contributed by atoms with Crippen LogP contribution in [0.3, 0.4) is 0 Å². The van der Waals surface area contributed by atoms with Crippen LogP contribution in [-0.2, 0) is 11.3 Å². The molecule has 0 saturated heterocycles. The van der Waals surface area contributed by atoms with Gasteiger partial charge in [0.25, 0.3) is 5.91 Å². The first kappa shape index (κ1) is 20.6. The average molecular weight is 327 g/mol. The number of nitrogens with two attached hydrogens (primary N) is 2. The monoisotopic (exact) mass is 327 g/mol. The van der Waals surface area contributed by atoms with Gasteiger partial charge in [0.2, 0.25) is 0 Å². The average Bonchev–Trinajstić information content (AvgIpc) is 2.60. The van der Waals surface area contributed by atoms with Crippen molar-refractivity contribution in [2.24, 2.45) is 16.8 Å². The van der Waals surface area contributed by atoms with Gasteiger partial charge < -0.3 is 26.4 Å². The standard InChI is InChI=1S/C13H22N6O2.CH4O/c1-2-7-19-8-4-11(5-9-19)21-10-13(20)16-6-3-12(17-14)18-15;1-2/h4-5,8-9H,2-3,6-7,10,14-15H2,1H3,(H-,16,17,18,20);2H,1H3/p+1. The second kappa shape index (κ2) is 13.3. The molecule has 1 heterocycles. The third-order valence-corrected chi connectivity index (χ3v) is 2.72. The van der Waals surface area contributed by atoms with Crippen molar-refractivity contribution >= 4 is 11.7 Å². The number of aliphatic hydroxyl groups excluding tert-OH is 1. The lowest BCUT2D eigenvalue weighted by Crippen LogP contribution is -2.36. The largest absolute Gasteiger partial charge is 0.483 e. The minimum atomic E-state index is -0.214. The number of aryl methyl sites for hydroxylation is 1. The number of nitrogens with zero attached hydrogens (tertiary/aromatic N) is 2. The fourth-order valence-electron chi connectivity index (χ4n) is 1.64. The third-order valence-electron chi connectivity index (χ3n) is 2.72. The Labute approximate surface area is 136 Å². The van der Waals surface area contributed by atoms with Crippen molar-refractivity contribution in [1.82, 2.24) is 10.7 Å². The van der Waals surface area contributed by atoms with Crippen molar-refractivity contribution in [2.75, 3.05) is 20.3 Å². The molecule has 7 N–H and O–H groups in total. The first-order chi connectivity index (χ1) is 11.2. The summed E-state index contributed by atoms with van der Waals surface area (Å²) in [5.41, 5.74) is 2.34. The van der Waals surface area contributed by atoms with E-state index >= 15 is 0 Å². The lowest BCUT2D eigenvalue weighted by atomic mass is 10.4. The number of aliphatic hydroxyl groups is 1. The quantitative estimate of drug-likeness (QED) is 0.131. The van der Waals surface area contributed by atoms with Crippen LogP contribution in [0.2, 0.25) is 0 Å². The highest BCUT2D eigenvalue weighted by Gasteiger charge is 2.05. The summed E-state index contributed by atoms with van der Waals surface area (Å²) in [7, 11) is 1.00. The number of rotatable bonds is 8. The molecule has 0 saturated carbocycles. The van der Waals surface area contributed by atoms with Gasteiger partial charge in [-0.05, 0) is 0 Å². The van der Waals surface area contributed by atoms with E-state index in [4.69, 9.17) is 21.5 Å². The summed E-state index contributed by atoms with van der Waals surface area (Å²) in [6, 6.07) is 3.67. The fraction of sp³-hybridized carbons (Fsp3) is 0.500. The van der Waals surface area contributed by atoms with E-state index in [-0.39, 0.29) is 12.5 Å². The number of nitrogens with one attached hydrogen (secondary N) is 2. The molecular weight excluding hydrogens is 300 g/mol. The normalized spacial score (nSPS) is 10.3. The minimum Gasteiger partial charge on any atom is -0.483 e. The van der Waals surface area contributed by atoms with Crippen LogP contribution in [0.25, 0.3) is 0 Å². The van der Waals surface area contributed by atoms with E-state index in [9.17, 15) is 4.79 Å². The third kappa shape index (κ3) is 9.27. The van der Waals surface area contributed by atoms with Gasteiger partial charge in [0.15, 0.2) is 19.0 Å². The summed E-state index contributed by atoms with van der Waals surface area (Å²) >= 11 is 0. The molecule has 0 radical (unpaired) electrons. The lowest BCUT2D eigenvalue weighted by molar-refractivity contribution is -0.697. The Morgan fingerprint density at radius 1 is 1.39 bits per heavy atom. The number of aromatic nitrogens is 1. The van der Waals surface area contributed by atoms with E-state index in [0.29, 0.717) is 24.6 Å². The topological polar surface area (TPSA) is 139 Å². The Kier molecular flexibility index (Phi) is 11.9. The zero-order valence-corrected chi connectivity index (χ0v) is 13.7. The number of hydrazine groups is 1. The van der Waals surface area contributed by atoms with Crippen molar-refractivity contribution in [3.05, 3.63) is 24.5 Å². The van der Waals surface area contributed by atoms with Crippen LogP contribution in [0.1, 0.15) is 19.8 Å². The number of carbonyl (C=O) groups excluding carboxylic acids is 1. The summed E-state index contributed by atoms with van der Waals surface area (Å²) < 4.78 is 7.45. The van der Waals surface area contributed by atoms with Gasteiger partial charge in [-0.15, -0.1) is 0 Å². The van der Waals surface area contributed by atoms with E-state index in [0.717, 1.165) is 20.1 Å². The number of amides is 1. The molecule has 9 heteroatoms. The first-order valence-corrected chi connectivity index (χ1v) is 7.26. The molecule has 130 valence electrons. The molecule has 0 spiro atoms. The summed E-state index contributed by atoms with van der Waals surface area (Å²) in [4.78, 5) is 11.6. The SMILES string of the molecule is CCC[n+]1ccc(OCC(=O)NCC/C(=N/N)NN)cc1.CO. The van der Waals surface area contributed by atoms with Gasteiger partial charge in [0, 0.05) is 38.6 Å². The van der Waals surface area contributed by atoms with Crippen molar-refractivity contribution in [2.45, 2.75) is 26.3 Å². The Balaban J connectivity index is 0.00000232. The van der Waals surface area contributed by atoms with Gasteiger partial charge in [-0.1, -0.05) is 6.92 Å². The maximum absolute atomic E-state index is 11.6. The molecule has 0 aliphatic rings. The van der Waals surface area contributed by atoms with Gasteiger partial charge in [0.05, 0.1) is 0 Å². The van der Waals surface area contributed by atoms with Crippen LogP contribution in [0.5, 0.6) is 5.75 Å². The van der Waals surface area contributed by atoms with Gasteiger partial charge >= 0.3 is 0 Å². The van der Waals surface area contributed by atoms with E-state index < -0.39 is 0 Å². The van der Waals surface area contributed by atoms with Crippen LogP contribution in [-0.4, -0.2) is 37.1 Å². The van der Waals surface area contributed by atoms with Crippen LogP contribution < -0.4 is 31.7 Å². The van der Waals surface area contributed by atoms with Crippen LogP contribution >= 0.6 is 0 Å². The molecule has 1 amide bonds. The van der Waals surface area contributed by atoms with E-state index in [1.807, 2.05) is 24.5 Å². The fourth-order valence-corrected chi connectivity index (χ4v) is 1.64. The molecular formula is C14H27N6O3+. The maximum atomic E-state index is 11.6. The molecule has 0 aliphatic carbocycles. The van der Waals surface area contributed by atoms with E-state index in [2.05, 4.69) is 27.3 Å². The Hall–Kier alpha value is -2.39. The first-order valence-electron chi connectivity index (χ1n) is 7.26. The highest BCUT2D eigenvalue weighted by atomic mass is 16.5. The summed E-state index contributed by atoms with van der Waals surface area (Å²) in [6.45, 7) is 3.42. The predicted molar refractivity (Wildman–Crippen MR) is 87.1 cm³/mol. The highest BCUT2D eigenvalue weighted by molar-refractivity contribution is 5.82. The van der Waals surface area contributed by atoms with Crippen LogP contribution in [0.4, 0.5) is 0 Å². The number of carbonyl (C=O) groups is 1. The molecule has 0 atom stereocenters. The molecule has 0 unspecified atom stereocenters. The highest BCUT2D eigenvalue weighted by Crippen LogP contribution is 2.05. The molecule has 1 aromatic heterocycles. The summed E-state index contributed by atoms with van der Waals surface area (Å²) in [5.74, 6) is 11.1. The maximum Gasteiger partial charge on any atom is 0.257 e. The molecule has 23 heavy (non-hydrogen) atoms. The second-order valence-corrected chi connectivity index (χ2v) is 4.38. The van der Waals surface area contributed by atoms with Crippen LogP contribution in [0.15, 0.2) is 29.6 Å². The lowest BCUT2D eigenvalue weighted by Gasteiger charge is -2.07. The number of ether oxygens (including phenoxy) is 1. The summed E-state index contributed by atoms with van der Waals surface area (Å²) in [6.07, 6.45) is 5.35. The number of pyridine rings is 1. The predicted octanol–water partition coefficient (Wildman–Crippen LogP) is -1.39. The van der Waals surface area contributed by atoms with E-state index in [1.54, 1.807) is 0 Å². The Bertz CT molecular complexity index is 464. The number of hydrogen-bond donors (Lipinski definition) is 5. The van der Waals surface area contributed by atoms with Gasteiger partial charge in [0.1, 0.15) is 18.1 Å². The molecule has 0 bridgehead atoms. The molecule has 1 rings (SSSR count). The molecule has 1 aromatic rings. The van der Waals surface area contributed by atoms with Crippen LogP contribution in [0, 0.1) is 0 Å². The Morgan fingerprint density at radius 3 is 2.57 bits per heavy atom. The molecule has 9 nitrogen and oxygen atoms in total. The number of hydrazone groups is 1. The summed E-state index contributed by atoms with van der Waals surface area (Å²) in [5, 5.41) is 13.1. The molecule has 0 fully saturated rings. The van der Waals surface area contributed by atoms with Crippen molar-refractivity contribution in [1.29, 1.82) is 0 Å². The zero-order chi connectivity index (χ0) is 17.5. The molecule has 0 aromatic carbocycles. The van der Waals surface area contributed by atoms with Gasteiger partial charge in [-0.2, -0.15) is 5.10 Å². The van der Waals surface area contributed by atoms with E-state index in [1.165, 1.54) is 0 Å². The minimum absolute atomic E-state index is 0.0387.